The van der Waals surface area contributed by atoms with Crippen molar-refractivity contribution in [2.24, 2.45) is 13.0 Å². The van der Waals surface area contributed by atoms with Gasteiger partial charge < -0.3 is 15.0 Å². The molecule has 1 unspecified atom stereocenters. The van der Waals surface area contributed by atoms with Gasteiger partial charge in [-0.05, 0) is 33.1 Å². The van der Waals surface area contributed by atoms with Crippen LogP contribution in [0.15, 0.2) is 17.1 Å². The van der Waals surface area contributed by atoms with Crippen LogP contribution in [0.5, 0.6) is 0 Å². The molecule has 0 aromatic carbocycles. The van der Waals surface area contributed by atoms with Crippen LogP contribution in [0, 0.1) is 5.92 Å². The lowest BCUT2D eigenvalue weighted by Crippen LogP contribution is -2.43. The molecule has 1 atom stereocenters. The fourth-order valence-electron chi connectivity index (χ4n) is 2.81. The molecule has 1 saturated heterocycles. The Morgan fingerprint density at radius 2 is 2.29 bits per heavy atom. The van der Waals surface area contributed by atoms with Crippen LogP contribution in [0.25, 0.3) is 0 Å². The van der Waals surface area contributed by atoms with Crippen LogP contribution in [0.4, 0.5) is 5.69 Å². The standard InChI is InChI=1S/C17H28N4O3/c1-13(2)24-9-5-7-18-17(23)14-6-4-8-21(12-14)15-10-16(22)20(3)19-11-15/h10-11,13-14H,4-9,12H2,1-3H3,(H,18,23). The van der Waals surface area contributed by atoms with E-state index >= 15 is 0 Å². The van der Waals surface area contributed by atoms with E-state index in [1.54, 1.807) is 19.3 Å². The Morgan fingerprint density at radius 3 is 3.00 bits per heavy atom. The molecule has 24 heavy (non-hydrogen) atoms. The quantitative estimate of drug-likeness (QED) is 0.750. The van der Waals surface area contributed by atoms with Gasteiger partial charge in [-0.1, -0.05) is 0 Å². The number of carbonyl (C=O) groups excluding carboxylic acids is 1. The van der Waals surface area contributed by atoms with Gasteiger partial charge >= 0.3 is 0 Å². The van der Waals surface area contributed by atoms with Crippen molar-refractivity contribution in [3.05, 3.63) is 22.6 Å². The first-order valence-electron chi connectivity index (χ1n) is 8.65. The molecule has 1 aromatic rings. The minimum Gasteiger partial charge on any atom is -0.379 e. The molecule has 2 heterocycles. The van der Waals surface area contributed by atoms with Gasteiger partial charge in [0, 0.05) is 39.4 Å². The number of ether oxygens (including phenoxy) is 1. The fraction of sp³-hybridized carbons (Fsp3) is 0.706. The molecule has 1 amide bonds. The molecule has 0 saturated carbocycles. The van der Waals surface area contributed by atoms with Crippen LogP contribution in [0.3, 0.4) is 0 Å². The van der Waals surface area contributed by atoms with Crippen LogP contribution in [-0.2, 0) is 16.6 Å². The lowest BCUT2D eigenvalue weighted by atomic mass is 9.97. The SMILES string of the molecule is CC(C)OCCCNC(=O)C1CCCN(c2cnn(C)c(=O)c2)C1. The Balaban J connectivity index is 1.82. The lowest BCUT2D eigenvalue weighted by molar-refractivity contribution is -0.125. The number of anilines is 1. The van der Waals surface area contributed by atoms with Crippen molar-refractivity contribution in [1.29, 1.82) is 0 Å². The van der Waals surface area contributed by atoms with E-state index in [9.17, 15) is 9.59 Å². The van der Waals surface area contributed by atoms with Crippen LogP contribution < -0.4 is 15.8 Å². The second-order valence-electron chi connectivity index (χ2n) is 6.52. The Morgan fingerprint density at radius 1 is 1.50 bits per heavy atom. The van der Waals surface area contributed by atoms with Gasteiger partial charge in [0.15, 0.2) is 0 Å². The third-order valence-corrected chi connectivity index (χ3v) is 4.18. The van der Waals surface area contributed by atoms with Crippen molar-refractivity contribution >= 4 is 11.6 Å². The van der Waals surface area contributed by atoms with E-state index in [0.29, 0.717) is 19.7 Å². The van der Waals surface area contributed by atoms with Gasteiger partial charge in [0.2, 0.25) is 5.91 Å². The molecule has 7 heteroatoms. The van der Waals surface area contributed by atoms with Gasteiger partial charge in [0.05, 0.1) is 23.9 Å². The van der Waals surface area contributed by atoms with Crippen LogP contribution in [0.1, 0.15) is 33.1 Å². The van der Waals surface area contributed by atoms with Gasteiger partial charge in [-0.2, -0.15) is 5.10 Å². The highest BCUT2D eigenvalue weighted by Crippen LogP contribution is 2.21. The van der Waals surface area contributed by atoms with E-state index in [4.69, 9.17) is 4.74 Å². The van der Waals surface area contributed by atoms with Crippen molar-refractivity contribution in [2.45, 2.75) is 39.2 Å². The minimum atomic E-state index is -0.135. The number of hydrogen-bond acceptors (Lipinski definition) is 5. The molecule has 1 aliphatic rings. The molecular formula is C17H28N4O3. The number of carbonyl (C=O) groups is 1. The number of nitrogens with zero attached hydrogens (tertiary/aromatic N) is 3. The summed E-state index contributed by atoms with van der Waals surface area (Å²) < 4.78 is 6.77. The summed E-state index contributed by atoms with van der Waals surface area (Å²) in [7, 11) is 1.63. The summed E-state index contributed by atoms with van der Waals surface area (Å²) in [5.41, 5.74) is 0.658. The molecule has 0 bridgehead atoms. The first kappa shape index (κ1) is 18.4. The third kappa shape index (κ3) is 5.33. The molecule has 0 spiro atoms. The molecular weight excluding hydrogens is 308 g/mol. The highest BCUT2D eigenvalue weighted by molar-refractivity contribution is 5.79. The van der Waals surface area contributed by atoms with Gasteiger partial charge in [0.1, 0.15) is 0 Å². The summed E-state index contributed by atoms with van der Waals surface area (Å²) in [5, 5.41) is 7.05. The highest BCUT2D eigenvalue weighted by Gasteiger charge is 2.26. The van der Waals surface area contributed by atoms with Crippen molar-refractivity contribution in [2.75, 3.05) is 31.1 Å². The van der Waals surface area contributed by atoms with Crippen LogP contribution in [0.2, 0.25) is 0 Å². The van der Waals surface area contributed by atoms with Gasteiger partial charge in [-0.25, -0.2) is 4.68 Å². The molecule has 7 nitrogen and oxygen atoms in total. The van der Waals surface area contributed by atoms with Gasteiger partial charge in [0.25, 0.3) is 5.56 Å². The Bertz CT molecular complexity index is 600. The molecule has 1 aromatic heterocycles. The first-order valence-corrected chi connectivity index (χ1v) is 8.65. The number of amides is 1. The topological polar surface area (TPSA) is 76.5 Å². The number of aryl methyl sites for hydroxylation is 1. The molecule has 1 N–H and O–H groups in total. The van der Waals surface area contributed by atoms with E-state index < -0.39 is 0 Å². The number of piperidine rings is 1. The average molecular weight is 336 g/mol. The number of aromatic nitrogens is 2. The zero-order chi connectivity index (χ0) is 17.5. The molecule has 1 aliphatic heterocycles. The minimum absolute atomic E-state index is 0.0474. The smallest absolute Gasteiger partial charge is 0.268 e. The summed E-state index contributed by atoms with van der Waals surface area (Å²) in [6.45, 7) is 6.77. The largest absolute Gasteiger partial charge is 0.379 e. The zero-order valence-electron chi connectivity index (χ0n) is 14.8. The summed E-state index contributed by atoms with van der Waals surface area (Å²) >= 11 is 0. The summed E-state index contributed by atoms with van der Waals surface area (Å²) in [6.07, 6.45) is 4.54. The zero-order valence-corrected chi connectivity index (χ0v) is 14.8. The number of hydrogen-bond donors (Lipinski definition) is 1. The normalized spacial score (nSPS) is 18.0. The van der Waals surface area contributed by atoms with Crippen molar-refractivity contribution in [1.82, 2.24) is 15.1 Å². The maximum Gasteiger partial charge on any atom is 0.268 e. The van der Waals surface area contributed by atoms with Crippen LogP contribution >= 0.6 is 0 Å². The fourth-order valence-corrected chi connectivity index (χ4v) is 2.81. The summed E-state index contributed by atoms with van der Waals surface area (Å²) in [4.78, 5) is 26.1. The summed E-state index contributed by atoms with van der Waals surface area (Å²) in [6, 6.07) is 1.58. The van der Waals surface area contributed by atoms with Gasteiger partial charge in [-0.15, -0.1) is 0 Å². The molecule has 1 fully saturated rings. The first-order chi connectivity index (χ1) is 11.5. The second kappa shape index (κ2) is 8.82. The van der Waals surface area contributed by atoms with Crippen molar-refractivity contribution in [3.8, 4) is 0 Å². The molecule has 0 aliphatic carbocycles. The van der Waals surface area contributed by atoms with E-state index in [-0.39, 0.29) is 23.5 Å². The van der Waals surface area contributed by atoms with Crippen molar-refractivity contribution < 1.29 is 9.53 Å². The van der Waals surface area contributed by atoms with E-state index in [0.717, 1.165) is 31.5 Å². The maximum absolute atomic E-state index is 12.3. The highest BCUT2D eigenvalue weighted by atomic mass is 16.5. The Hall–Kier alpha value is -1.89. The molecule has 2 rings (SSSR count). The predicted octanol–water partition coefficient (Wildman–Crippen LogP) is 0.928. The Labute approximate surface area is 143 Å². The number of nitrogens with one attached hydrogen (secondary N) is 1. The third-order valence-electron chi connectivity index (χ3n) is 4.18. The Kier molecular flexibility index (Phi) is 6.78. The van der Waals surface area contributed by atoms with E-state index in [2.05, 4.69) is 15.3 Å². The van der Waals surface area contributed by atoms with Gasteiger partial charge in [-0.3, -0.25) is 9.59 Å². The van der Waals surface area contributed by atoms with E-state index in [1.165, 1.54) is 4.68 Å². The lowest BCUT2D eigenvalue weighted by Gasteiger charge is -2.33. The van der Waals surface area contributed by atoms with E-state index in [1.807, 2.05) is 13.8 Å². The predicted molar refractivity (Wildman–Crippen MR) is 93.1 cm³/mol. The molecule has 134 valence electrons. The van der Waals surface area contributed by atoms with Crippen LogP contribution in [-0.4, -0.2) is 48.0 Å². The number of rotatable bonds is 7. The summed E-state index contributed by atoms with van der Waals surface area (Å²) in [5.74, 6) is 0.0369. The molecule has 0 radical (unpaired) electrons. The average Bonchev–Trinajstić information content (AvgIpc) is 2.56. The monoisotopic (exact) mass is 336 g/mol. The van der Waals surface area contributed by atoms with Crippen molar-refractivity contribution in [3.63, 3.8) is 0 Å². The maximum atomic E-state index is 12.3. The second-order valence-corrected chi connectivity index (χ2v) is 6.52.